The average molecular weight is 394 g/mol. The number of nitrogens with one attached hydrogen (secondary N) is 1. The van der Waals surface area contributed by atoms with Crippen molar-refractivity contribution in [1.29, 1.82) is 5.26 Å². The van der Waals surface area contributed by atoms with Crippen LogP contribution in [0.2, 0.25) is 0 Å². The zero-order chi connectivity index (χ0) is 20.4. The van der Waals surface area contributed by atoms with Crippen LogP contribution in [0.25, 0.3) is 10.9 Å². The average Bonchev–Trinajstić information content (AvgIpc) is 3.00. The van der Waals surface area contributed by atoms with Gasteiger partial charge >= 0.3 is 0 Å². The predicted octanol–water partition coefficient (Wildman–Crippen LogP) is 4.27. The molecule has 0 aliphatic rings. The lowest BCUT2D eigenvalue weighted by atomic mass is 10.0. The maximum Gasteiger partial charge on any atom is 0.239 e. The molecule has 1 amide bonds. The van der Waals surface area contributed by atoms with Gasteiger partial charge in [-0.2, -0.15) is 10.4 Å². The normalized spacial score (nSPS) is 12.0. The molecule has 1 N–H and O–H groups in total. The van der Waals surface area contributed by atoms with E-state index in [1.807, 2.05) is 19.1 Å². The number of hydrogen-bond acceptors (Lipinski definition) is 5. The van der Waals surface area contributed by atoms with Gasteiger partial charge in [0.1, 0.15) is 17.5 Å². The molecule has 0 bridgehead atoms. The van der Waals surface area contributed by atoms with Crippen molar-refractivity contribution in [3.05, 3.63) is 46.6 Å². The van der Waals surface area contributed by atoms with Crippen molar-refractivity contribution in [2.24, 2.45) is 7.05 Å². The third-order valence-corrected chi connectivity index (χ3v) is 5.94. The number of anilines is 1. The Bertz CT molecular complexity index is 1100. The highest BCUT2D eigenvalue weighted by Gasteiger charge is 2.22. The Hall–Kier alpha value is -2.85. The van der Waals surface area contributed by atoms with Crippen molar-refractivity contribution < 1.29 is 4.79 Å². The number of benzene rings is 1. The van der Waals surface area contributed by atoms with E-state index in [2.05, 4.69) is 43.3 Å². The van der Waals surface area contributed by atoms with Crippen LogP contribution in [0.4, 0.5) is 5.82 Å². The van der Waals surface area contributed by atoms with Crippen LogP contribution in [0.15, 0.2) is 29.4 Å². The molecular weight excluding hydrogens is 370 g/mol. The minimum atomic E-state index is -0.323. The highest BCUT2D eigenvalue weighted by Crippen LogP contribution is 2.30. The number of fused-ring (bicyclic) bond motifs is 1. The SMILES string of the molecule is CCC(Sc1cc(C)c2cc(C)cc(C)c2n1)C(=O)Nc1c(C#N)cnn1C. The number of amides is 1. The third-order valence-electron chi connectivity index (χ3n) is 4.66. The Kier molecular flexibility index (Phi) is 5.71. The molecule has 0 saturated heterocycles. The van der Waals surface area contributed by atoms with Crippen molar-refractivity contribution in [3.8, 4) is 6.07 Å². The summed E-state index contributed by atoms with van der Waals surface area (Å²) < 4.78 is 1.50. The lowest BCUT2D eigenvalue weighted by molar-refractivity contribution is -0.115. The molecular formula is C21H23N5OS. The molecule has 6 nitrogen and oxygen atoms in total. The van der Waals surface area contributed by atoms with Gasteiger partial charge in [0.25, 0.3) is 0 Å². The maximum absolute atomic E-state index is 12.8. The van der Waals surface area contributed by atoms with Crippen molar-refractivity contribution in [3.63, 3.8) is 0 Å². The first-order valence-electron chi connectivity index (χ1n) is 9.12. The summed E-state index contributed by atoms with van der Waals surface area (Å²) in [7, 11) is 1.70. The fourth-order valence-electron chi connectivity index (χ4n) is 3.21. The van der Waals surface area contributed by atoms with Gasteiger partial charge in [0.15, 0.2) is 0 Å². The Morgan fingerprint density at radius 3 is 2.71 bits per heavy atom. The Labute approximate surface area is 169 Å². The second kappa shape index (κ2) is 8.03. The highest BCUT2D eigenvalue weighted by molar-refractivity contribution is 8.00. The largest absolute Gasteiger partial charge is 0.309 e. The van der Waals surface area contributed by atoms with Crippen LogP contribution in [-0.2, 0) is 11.8 Å². The minimum absolute atomic E-state index is 0.159. The van der Waals surface area contributed by atoms with Crippen molar-refractivity contribution in [1.82, 2.24) is 14.8 Å². The van der Waals surface area contributed by atoms with E-state index in [9.17, 15) is 10.1 Å². The molecule has 2 aromatic heterocycles. The second-order valence-electron chi connectivity index (χ2n) is 6.90. The molecule has 144 valence electrons. The summed E-state index contributed by atoms with van der Waals surface area (Å²) in [5.74, 6) is 0.258. The van der Waals surface area contributed by atoms with Gasteiger partial charge < -0.3 is 5.32 Å². The predicted molar refractivity (Wildman–Crippen MR) is 112 cm³/mol. The molecule has 1 unspecified atom stereocenters. The first-order valence-corrected chi connectivity index (χ1v) is 10.00. The van der Waals surface area contributed by atoms with E-state index < -0.39 is 0 Å². The van der Waals surface area contributed by atoms with Gasteiger partial charge in [0.05, 0.1) is 22.0 Å². The maximum atomic E-state index is 12.8. The summed E-state index contributed by atoms with van der Waals surface area (Å²) in [5.41, 5.74) is 4.81. The van der Waals surface area contributed by atoms with Crippen LogP contribution < -0.4 is 5.32 Å². The molecule has 28 heavy (non-hydrogen) atoms. The van der Waals surface area contributed by atoms with E-state index in [4.69, 9.17) is 4.98 Å². The second-order valence-corrected chi connectivity index (χ2v) is 8.12. The van der Waals surface area contributed by atoms with Gasteiger partial charge in [-0.25, -0.2) is 4.98 Å². The van der Waals surface area contributed by atoms with Gasteiger partial charge in [-0.1, -0.05) is 30.3 Å². The van der Waals surface area contributed by atoms with Crippen LogP contribution in [0.3, 0.4) is 0 Å². The minimum Gasteiger partial charge on any atom is -0.309 e. The molecule has 0 aliphatic heterocycles. The van der Waals surface area contributed by atoms with Gasteiger partial charge in [-0.15, -0.1) is 0 Å². The van der Waals surface area contributed by atoms with Gasteiger partial charge in [-0.3, -0.25) is 9.48 Å². The van der Waals surface area contributed by atoms with Crippen LogP contribution >= 0.6 is 11.8 Å². The van der Waals surface area contributed by atoms with E-state index in [1.165, 1.54) is 28.2 Å². The number of rotatable bonds is 5. The standard InChI is InChI=1S/C21H23N5OS/c1-6-17(21(27)25-20-15(10-22)11-23-26(20)5)28-18-9-13(3)16-8-12(2)7-14(4)19(16)24-18/h7-9,11,17H,6H2,1-5H3,(H,25,27). The van der Waals surface area contributed by atoms with Gasteiger partial charge in [0, 0.05) is 12.4 Å². The summed E-state index contributed by atoms with van der Waals surface area (Å²) in [6.45, 7) is 8.18. The number of aryl methyl sites for hydroxylation is 4. The third kappa shape index (κ3) is 3.87. The molecule has 3 aromatic rings. The summed E-state index contributed by atoms with van der Waals surface area (Å²) in [6, 6.07) is 8.36. The quantitative estimate of drug-likeness (QED) is 0.654. The van der Waals surface area contributed by atoms with Crippen molar-refractivity contribution in [2.45, 2.75) is 44.4 Å². The number of nitrogens with zero attached hydrogens (tertiary/aromatic N) is 4. The number of aromatic nitrogens is 3. The van der Waals surface area contributed by atoms with E-state index >= 15 is 0 Å². The smallest absolute Gasteiger partial charge is 0.239 e. The summed E-state index contributed by atoms with van der Waals surface area (Å²) in [6.07, 6.45) is 2.09. The number of thioether (sulfide) groups is 1. The number of carbonyl (C=O) groups excluding carboxylic acids is 1. The fourth-order valence-corrected chi connectivity index (χ4v) is 4.22. The van der Waals surface area contributed by atoms with E-state index in [-0.39, 0.29) is 11.2 Å². The first kappa shape index (κ1) is 19.9. The molecule has 0 fully saturated rings. The molecule has 1 atom stereocenters. The molecule has 0 spiro atoms. The Morgan fingerprint density at radius 2 is 2.04 bits per heavy atom. The molecule has 3 rings (SSSR count). The molecule has 0 aliphatic carbocycles. The number of pyridine rings is 1. The Morgan fingerprint density at radius 1 is 1.29 bits per heavy atom. The number of hydrogen-bond donors (Lipinski definition) is 1. The van der Waals surface area contributed by atoms with Crippen LogP contribution in [0.1, 0.15) is 35.6 Å². The summed E-state index contributed by atoms with van der Waals surface area (Å²) in [4.78, 5) is 17.6. The first-order chi connectivity index (χ1) is 13.3. The molecule has 0 saturated carbocycles. The van der Waals surface area contributed by atoms with Crippen LogP contribution in [0, 0.1) is 32.1 Å². The topological polar surface area (TPSA) is 83.6 Å². The van der Waals surface area contributed by atoms with Crippen molar-refractivity contribution in [2.75, 3.05) is 5.32 Å². The molecule has 1 aromatic carbocycles. The van der Waals surface area contributed by atoms with Gasteiger partial charge in [-0.05, 0) is 50.5 Å². The van der Waals surface area contributed by atoms with E-state index in [0.29, 0.717) is 17.8 Å². The van der Waals surface area contributed by atoms with Crippen LogP contribution in [-0.4, -0.2) is 25.9 Å². The Balaban J connectivity index is 1.87. The molecule has 7 heteroatoms. The van der Waals surface area contributed by atoms with Gasteiger partial charge in [0.2, 0.25) is 5.91 Å². The zero-order valence-corrected chi connectivity index (χ0v) is 17.5. The van der Waals surface area contributed by atoms with Crippen molar-refractivity contribution >= 4 is 34.4 Å². The number of nitriles is 1. The van der Waals surface area contributed by atoms with Crippen LogP contribution in [0.5, 0.6) is 0 Å². The fraction of sp³-hybridized carbons (Fsp3) is 0.333. The number of carbonyl (C=O) groups is 1. The van der Waals surface area contributed by atoms with E-state index in [1.54, 1.807) is 7.05 Å². The highest BCUT2D eigenvalue weighted by atomic mass is 32.2. The lowest BCUT2D eigenvalue weighted by Crippen LogP contribution is -2.26. The van der Waals surface area contributed by atoms with E-state index in [0.717, 1.165) is 27.1 Å². The lowest BCUT2D eigenvalue weighted by Gasteiger charge is -2.16. The summed E-state index contributed by atoms with van der Waals surface area (Å²) in [5, 5.41) is 17.7. The summed E-state index contributed by atoms with van der Waals surface area (Å²) >= 11 is 1.44. The molecule has 2 heterocycles. The zero-order valence-electron chi connectivity index (χ0n) is 16.7. The monoisotopic (exact) mass is 393 g/mol. The molecule has 0 radical (unpaired) electrons.